The molecule has 0 amide bonds. The number of nitrogens with one attached hydrogen (secondary N) is 2. The van der Waals surface area contributed by atoms with E-state index in [-0.39, 0.29) is 0 Å². The Morgan fingerprint density at radius 1 is 1.06 bits per heavy atom. The Labute approximate surface area is 110 Å². The van der Waals surface area contributed by atoms with Crippen LogP contribution in [0.25, 0.3) is 0 Å². The Morgan fingerprint density at radius 2 is 1.76 bits per heavy atom. The van der Waals surface area contributed by atoms with Crippen molar-refractivity contribution in [3.8, 4) is 0 Å². The second kappa shape index (κ2) is 6.55. The van der Waals surface area contributed by atoms with Crippen molar-refractivity contribution in [1.29, 1.82) is 0 Å². The van der Waals surface area contributed by atoms with E-state index in [9.17, 15) is 0 Å². The maximum atomic E-state index is 5.54. The maximum Gasteiger partial charge on any atom is 0.166 e. The van der Waals surface area contributed by atoms with Gasteiger partial charge in [-0.25, -0.2) is 0 Å². The number of hydrogen-bond acceptors (Lipinski definition) is 2. The number of thiocarbonyl (C=S) groups is 1. The summed E-state index contributed by atoms with van der Waals surface area (Å²) < 4.78 is 5.54. The zero-order valence-electron chi connectivity index (χ0n) is 10.7. The summed E-state index contributed by atoms with van der Waals surface area (Å²) in [6, 6.07) is 1.09. The van der Waals surface area contributed by atoms with E-state index in [0.717, 1.165) is 24.6 Å². The molecular formula is C13H24N2OS. The molecule has 2 N–H and O–H groups in total. The van der Waals surface area contributed by atoms with Gasteiger partial charge in [-0.2, -0.15) is 0 Å². The first-order valence-corrected chi connectivity index (χ1v) is 7.33. The van der Waals surface area contributed by atoms with Crippen molar-refractivity contribution >= 4 is 17.3 Å². The normalized spacial score (nSPS) is 30.9. The van der Waals surface area contributed by atoms with Gasteiger partial charge in [-0.1, -0.05) is 19.3 Å². The van der Waals surface area contributed by atoms with Crippen LogP contribution in [0.5, 0.6) is 0 Å². The molecule has 1 aliphatic carbocycles. The summed E-state index contributed by atoms with van der Waals surface area (Å²) in [7, 11) is 0. The lowest BCUT2D eigenvalue weighted by Gasteiger charge is -2.31. The second-order valence-corrected chi connectivity index (χ2v) is 5.76. The van der Waals surface area contributed by atoms with Crippen LogP contribution in [-0.2, 0) is 4.74 Å². The molecule has 98 valence electrons. The Balaban J connectivity index is 1.68. The molecule has 2 fully saturated rings. The molecule has 2 aliphatic rings. The van der Waals surface area contributed by atoms with Crippen LogP contribution in [0.2, 0.25) is 0 Å². The summed E-state index contributed by atoms with van der Waals surface area (Å²) in [4.78, 5) is 0. The second-order valence-electron chi connectivity index (χ2n) is 5.36. The summed E-state index contributed by atoms with van der Waals surface area (Å²) in [5.41, 5.74) is 0. The van der Waals surface area contributed by atoms with Crippen molar-refractivity contribution in [1.82, 2.24) is 10.6 Å². The minimum Gasteiger partial charge on any atom is -0.378 e. The highest BCUT2D eigenvalue weighted by Crippen LogP contribution is 2.17. The average Bonchev–Trinajstić information content (AvgIpc) is 2.30. The van der Waals surface area contributed by atoms with E-state index in [1.807, 2.05) is 0 Å². The predicted octanol–water partition coefficient (Wildman–Crippen LogP) is 2.35. The third-order valence-corrected chi connectivity index (χ3v) is 4.00. The monoisotopic (exact) mass is 256 g/mol. The minimum atomic E-state index is 0.360. The molecule has 4 heteroatoms. The molecule has 1 aliphatic heterocycles. The summed E-state index contributed by atoms with van der Waals surface area (Å²) in [5, 5.41) is 7.74. The van der Waals surface area contributed by atoms with E-state index in [1.165, 1.54) is 32.1 Å². The topological polar surface area (TPSA) is 33.3 Å². The lowest BCUT2D eigenvalue weighted by Crippen LogP contribution is -2.49. The van der Waals surface area contributed by atoms with Gasteiger partial charge in [-0.05, 0) is 44.8 Å². The number of ether oxygens (including phenoxy) is 1. The molecule has 0 aromatic rings. The molecule has 2 rings (SSSR count). The molecule has 2 unspecified atom stereocenters. The van der Waals surface area contributed by atoms with Gasteiger partial charge < -0.3 is 15.4 Å². The van der Waals surface area contributed by atoms with Crippen LogP contribution in [0.15, 0.2) is 0 Å². The standard InChI is InChI=1S/C13H24N2OS/c1-10-9-12(7-8-16-10)15-13(17)14-11-5-3-2-4-6-11/h10-12H,2-9H2,1H3,(H2,14,15,17). The summed E-state index contributed by atoms with van der Waals surface area (Å²) in [6.07, 6.45) is 9.10. The van der Waals surface area contributed by atoms with Crippen molar-refractivity contribution < 1.29 is 4.74 Å². The quantitative estimate of drug-likeness (QED) is 0.743. The van der Waals surface area contributed by atoms with Gasteiger partial charge in [0.15, 0.2) is 5.11 Å². The first-order valence-electron chi connectivity index (χ1n) is 6.92. The van der Waals surface area contributed by atoms with Gasteiger partial charge in [-0.3, -0.25) is 0 Å². The van der Waals surface area contributed by atoms with Gasteiger partial charge in [0.1, 0.15) is 0 Å². The highest BCUT2D eigenvalue weighted by Gasteiger charge is 2.21. The van der Waals surface area contributed by atoms with E-state index >= 15 is 0 Å². The van der Waals surface area contributed by atoms with Gasteiger partial charge in [0.25, 0.3) is 0 Å². The molecule has 0 aromatic heterocycles. The molecule has 3 nitrogen and oxygen atoms in total. The Morgan fingerprint density at radius 3 is 2.47 bits per heavy atom. The third-order valence-electron chi connectivity index (χ3n) is 3.76. The van der Waals surface area contributed by atoms with Crippen molar-refractivity contribution in [2.24, 2.45) is 0 Å². The molecule has 0 bridgehead atoms. The Hall–Kier alpha value is -0.350. The zero-order valence-corrected chi connectivity index (χ0v) is 11.5. The Bertz CT molecular complexity index is 254. The molecule has 1 saturated heterocycles. The van der Waals surface area contributed by atoms with E-state index in [2.05, 4.69) is 17.6 Å². The van der Waals surface area contributed by atoms with E-state index in [4.69, 9.17) is 17.0 Å². The SMILES string of the molecule is CC1CC(NC(=S)NC2CCCCC2)CCO1. The van der Waals surface area contributed by atoms with Crippen LogP contribution in [0, 0.1) is 0 Å². The fourth-order valence-electron chi connectivity index (χ4n) is 2.79. The molecule has 1 saturated carbocycles. The fraction of sp³-hybridized carbons (Fsp3) is 0.923. The fourth-order valence-corrected chi connectivity index (χ4v) is 3.12. The van der Waals surface area contributed by atoms with Gasteiger partial charge in [0.05, 0.1) is 6.10 Å². The number of hydrogen-bond donors (Lipinski definition) is 2. The molecule has 17 heavy (non-hydrogen) atoms. The largest absolute Gasteiger partial charge is 0.378 e. The molecule has 1 heterocycles. The maximum absolute atomic E-state index is 5.54. The van der Waals surface area contributed by atoms with Crippen LogP contribution < -0.4 is 10.6 Å². The van der Waals surface area contributed by atoms with Crippen LogP contribution in [0.3, 0.4) is 0 Å². The lowest BCUT2D eigenvalue weighted by molar-refractivity contribution is 0.0166. The molecule has 2 atom stereocenters. The van der Waals surface area contributed by atoms with Gasteiger partial charge in [0, 0.05) is 18.7 Å². The van der Waals surface area contributed by atoms with Crippen molar-refractivity contribution in [2.45, 2.75) is 70.1 Å². The first-order chi connectivity index (χ1) is 8.24. The van der Waals surface area contributed by atoms with Crippen molar-refractivity contribution in [3.05, 3.63) is 0 Å². The van der Waals surface area contributed by atoms with Gasteiger partial charge in [0.2, 0.25) is 0 Å². The summed E-state index contributed by atoms with van der Waals surface area (Å²) in [6.45, 7) is 2.98. The predicted molar refractivity (Wildman–Crippen MR) is 74.2 cm³/mol. The first kappa shape index (κ1) is 13.1. The van der Waals surface area contributed by atoms with Gasteiger partial charge in [-0.15, -0.1) is 0 Å². The van der Waals surface area contributed by atoms with Crippen LogP contribution >= 0.6 is 12.2 Å². The van der Waals surface area contributed by atoms with Crippen LogP contribution in [0.4, 0.5) is 0 Å². The highest BCUT2D eigenvalue weighted by molar-refractivity contribution is 7.80. The van der Waals surface area contributed by atoms with Crippen molar-refractivity contribution in [3.63, 3.8) is 0 Å². The lowest BCUT2D eigenvalue weighted by atomic mass is 9.96. The zero-order chi connectivity index (χ0) is 12.1. The van der Waals surface area contributed by atoms with Gasteiger partial charge >= 0.3 is 0 Å². The average molecular weight is 256 g/mol. The van der Waals surface area contributed by atoms with Crippen LogP contribution in [-0.4, -0.2) is 29.9 Å². The Kier molecular flexibility index (Phi) is 5.04. The smallest absolute Gasteiger partial charge is 0.166 e. The van der Waals surface area contributed by atoms with Crippen LogP contribution in [0.1, 0.15) is 51.9 Å². The summed E-state index contributed by atoms with van der Waals surface area (Å²) in [5.74, 6) is 0. The van der Waals surface area contributed by atoms with E-state index < -0.39 is 0 Å². The third kappa shape index (κ3) is 4.43. The molecular weight excluding hydrogens is 232 g/mol. The molecule has 0 spiro atoms. The van der Waals surface area contributed by atoms with E-state index in [0.29, 0.717) is 18.2 Å². The minimum absolute atomic E-state index is 0.360. The summed E-state index contributed by atoms with van der Waals surface area (Å²) >= 11 is 5.39. The highest BCUT2D eigenvalue weighted by atomic mass is 32.1. The van der Waals surface area contributed by atoms with E-state index in [1.54, 1.807) is 0 Å². The molecule has 0 radical (unpaired) electrons. The number of rotatable bonds is 2. The van der Waals surface area contributed by atoms with Crippen molar-refractivity contribution in [2.75, 3.05) is 6.61 Å². The molecule has 0 aromatic carbocycles.